The largest absolute Gasteiger partial charge is 0.298 e. The quantitative estimate of drug-likeness (QED) is 0.475. The molecule has 0 aliphatic heterocycles. The van der Waals surface area contributed by atoms with Gasteiger partial charge in [-0.1, -0.05) is 22.9 Å². The van der Waals surface area contributed by atoms with E-state index in [2.05, 4.69) is 15.9 Å². The van der Waals surface area contributed by atoms with Gasteiger partial charge in [0, 0.05) is 22.2 Å². The lowest BCUT2D eigenvalue weighted by Crippen LogP contribution is -1.96. The van der Waals surface area contributed by atoms with Crippen LogP contribution in [0.15, 0.2) is 16.6 Å². The van der Waals surface area contributed by atoms with Crippen LogP contribution in [-0.4, -0.2) is 11.2 Å². The number of nitro benzene ring substituents is 1. The number of rotatable bonds is 3. The van der Waals surface area contributed by atoms with Crippen LogP contribution in [0, 0.1) is 10.1 Å². The summed E-state index contributed by atoms with van der Waals surface area (Å²) in [5.41, 5.74) is 1.09. The number of carbonyl (C=O) groups is 1. The van der Waals surface area contributed by atoms with Gasteiger partial charge >= 0.3 is 0 Å². The van der Waals surface area contributed by atoms with Gasteiger partial charge < -0.3 is 0 Å². The smallest absolute Gasteiger partial charge is 0.271 e. The Kier molecular flexibility index (Phi) is 3.35. The topological polar surface area (TPSA) is 60.2 Å². The number of benzene rings is 1. The van der Waals surface area contributed by atoms with E-state index in [0.29, 0.717) is 22.7 Å². The average molecular weight is 258 g/mol. The highest BCUT2D eigenvalue weighted by Crippen LogP contribution is 2.26. The SMILES string of the molecule is CCc1c(Br)cc([N+](=O)[O-])cc1C=O. The second kappa shape index (κ2) is 4.32. The van der Waals surface area contributed by atoms with E-state index in [4.69, 9.17) is 0 Å². The number of nitrogens with zero attached hydrogens (tertiary/aromatic N) is 1. The fraction of sp³-hybridized carbons (Fsp3) is 0.222. The van der Waals surface area contributed by atoms with Crippen LogP contribution in [0.25, 0.3) is 0 Å². The Morgan fingerprint density at radius 2 is 2.21 bits per heavy atom. The van der Waals surface area contributed by atoms with Crippen LogP contribution in [0.3, 0.4) is 0 Å². The average Bonchev–Trinajstić information content (AvgIpc) is 2.16. The van der Waals surface area contributed by atoms with Crippen molar-refractivity contribution in [2.45, 2.75) is 13.3 Å². The van der Waals surface area contributed by atoms with Crippen LogP contribution in [0.5, 0.6) is 0 Å². The first kappa shape index (κ1) is 10.8. The summed E-state index contributed by atoms with van der Waals surface area (Å²) in [6.07, 6.45) is 1.29. The lowest BCUT2D eigenvalue weighted by molar-refractivity contribution is -0.385. The lowest BCUT2D eigenvalue weighted by atomic mass is 10.1. The van der Waals surface area contributed by atoms with Crippen molar-refractivity contribution >= 4 is 27.9 Å². The van der Waals surface area contributed by atoms with Crippen molar-refractivity contribution in [3.05, 3.63) is 37.8 Å². The van der Waals surface area contributed by atoms with E-state index in [1.54, 1.807) is 0 Å². The van der Waals surface area contributed by atoms with Gasteiger partial charge in [0.05, 0.1) is 4.92 Å². The molecule has 74 valence electrons. The van der Waals surface area contributed by atoms with E-state index < -0.39 is 4.92 Å². The predicted octanol–water partition coefficient (Wildman–Crippen LogP) is 2.73. The van der Waals surface area contributed by atoms with E-state index in [1.807, 2.05) is 6.92 Å². The van der Waals surface area contributed by atoms with Gasteiger partial charge in [0.1, 0.15) is 0 Å². The maximum absolute atomic E-state index is 10.7. The van der Waals surface area contributed by atoms with E-state index in [-0.39, 0.29) is 5.69 Å². The highest BCUT2D eigenvalue weighted by molar-refractivity contribution is 9.10. The van der Waals surface area contributed by atoms with Crippen LogP contribution in [0.4, 0.5) is 5.69 Å². The standard InChI is InChI=1S/C9H8BrNO3/c1-2-8-6(5-12)3-7(11(13)14)4-9(8)10/h3-5H,2H2,1H3. The molecule has 1 rings (SSSR count). The third kappa shape index (κ3) is 1.98. The highest BCUT2D eigenvalue weighted by Gasteiger charge is 2.13. The summed E-state index contributed by atoms with van der Waals surface area (Å²) in [5.74, 6) is 0. The number of hydrogen-bond donors (Lipinski definition) is 0. The van der Waals surface area contributed by atoms with Crippen molar-refractivity contribution in [1.29, 1.82) is 0 Å². The minimum atomic E-state index is -0.517. The van der Waals surface area contributed by atoms with E-state index in [0.717, 1.165) is 5.56 Å². The molecule has 0 aromatic heterocycles. The summed E-state index contributed by atoms with van der Waals surface area (Å²) in [6, 6.07) is 2.70. The first-order valence-corrected chi connectivity index (χ1v) is 4.81. The van der Waals surface area contributed by atoms with Crippen molar-refractivity contribution < 1.29 is 9.72 Å². The first-order chi connectivity index (χ1) is 6.60. The van der Waals surface area contributed by atoms with E-state index >= 15 is 0 Å². The zero-order chi connectivity index (χ0) is 10.7. The van der Waals surface area contributed by atoms with Crippen LogP contribution in [0.1, 0.15) is 22.8 Å². The molecule has 0 amide bonds. The molecular weight excluding hydrogens is 250 g/mol. The van der Waals surface area contributed by atoms with Crippen LogP contribution >= 0.6 is 15.9 Å². The van der Waals surface area contributed by atoms with Crippen LogP contribution in [0.2, 0.25) is 0 Å². The van der Waals surface area contributed by atoms with Gasteiger partial charge in [-0.3, -0.25) is 14.9 Å². The third-order valence-corrected chi connectivity index (χ3v) is 2.61. The fourth-order valence-corrected chi connectivity index (χ4v) is 1.97. The summed E-state index contributed by atoms with van der Waals surface area (Å²) >= 11 is 3.20. The Balaban J connectivity index is 3.38. The normalized spacial score (nSPS) is 9.86. The molecule has 14 heavy (non-hydrogen) atoms. The number of halogens is 1. The van der Waals surface area contributed by atoms with Gasteiger partial charge in [-0.15, -0.1) is 0 Å². The second-order valence-electron chi connectivity index (χ2n) is 2.72. The maximum atomic E-state index is 10.7. The minimum absolute atomic E-state index is 0.0730. The molecule has 4 nitrogen and oxygen atoms in total. The Hall–Kier alpha value is -1.23. The Morgan fingerprint density at radius 3 is 2.64 bits per heavy atom. The second-order valence-corrected chi connectivity index (χ2v) is 3.58. The summed E-state index contributed by atoms with van der Waals surface area (Å²) in [6.45, 7) is 1.89. The molecule has 0 aliphatic carbocycles. The molecular formula is C9H8BrNO3. The molecule has 0 heterocycles. The maximum Gasteiger partial charge on any atom is 0.271 e. The summed E-state index contributed by atoms with van der Waals surface area (Å²) < 4.78 is 0.608. The van der Waals surface area contributed by atoms with Crippen LogP contribution < -0.4 is 0 Å². The number of aldehydes is 1. The summed E-state index contributed by atoms with van der Waals surface area (Å²) in [7, 11) is 0. The van der Waals surface area contributed by atoms with Crippen molar-refractivity contribution in [2.75, 3.05) is 0 Å². The van der Waals surface area contributed by atoms with Gasteiger partial charge in [-0.05, 0) is 12.0 Å². The Bertz CT molecular complexity index is 390. The highest BCUT2D eigenvalue weighted by atomic mass is 79.9. The molecule has 0 unspecified atom stereocenters. The van der Waals surface area contributed by atoms with Gasteiger partial charge in [0.15, 0.2) is 6.29 Å². The van der Waals surface area contributed by atoms with Crippen molar-refractivity contribution in [3.63, 3.8) is 0 Å². The minimum Gasteiger partial charge on any atom is -0.298 e. The number of carbonyl (C=O) groups excluding carboxylic acids is 1. The van der Waals surface area contributed by atoms with Crippen molar-refractivity contribution in [3.8, 4) is 0 Å². The molecule has 0 radical (unpaired) electrons. The molecule has 0 spiro atoms. The first-order valence-electron chi connectivity index (χ1n) is 4.02. The molecule has 0 aliphatic rings. The monoisotopic (exact) mass is 257 g/mol. The van der Waals surface area contributed by atoms with Crippen molar-refractivity contribution in [1.82, 2.24) is 0 Å². The number of hydrogen-bond acceptors (Lipinski definition) is 3. The molecule has 1 aromatic rings. The Labute approximate surface area is 89.2 Å². The molecule has 0 bridgehead atoms. The molecule has 0 saturated carbocycles. The summed E-state index contributed by atoms with van der Waals surface area (Å²) in [5, 5.41) is 10.5. The van der Waals surface area contributed by atoms with Crippen molar-refractivity contribution in [2.24, 2.45) is 0 Å². The van der Waals surface area contributed by atoms with Gasteiger partial charge in [-0.25, -0.2) is 0 Å². The number of non-ortho nitro benzene ring substituents is 1. The molecule has 0 atom stereocenters. The number of nitro groups is 1. The molecule has 0 fully saturated rings. The lowest BCUT2D eigenvalue weighted by Gasteiger charge is -2.04. The van der Waals surface area contributed by atoms with Gasteiger partial charge in [0.25, 0.3) is 5.69 Å². The third-order valence-electron chi connectivity index (χ3n) is 1.91. The predicted molar refractivity (Wildman–Crippen MR) is 55.6 cm³/mol. The van der Waals surface area contributed by atoms with Crippen LogP contribution in [-0.2, 0) is 6.42 Å². The fourth-order valence-electron chi connectivity index (χ4n) is 1.23. The molecule has 1 aromatic carbocycles. The van der Waals surface area contributed by atoms with Gasteiger partial charge in [-0.2, -0.15) is 0 Å². The zero-order valence-corrected chi connectivity index (χ0v) is 9.08. The molecule has 0 N–H and O–H groups in total. The molecule has 5 heteroatoms. The zero-order valence-electron chi connectivity index (χ0n) is 7.49. The molecule has 0 saturated heterocycles. The van der Waals surface area contributed by atoms with E-state index in [9.17, 15) is 14.9 Å². The van der Waals surface area contributed by atoms with Gasteiger partial charge in [0.2, 0.25) is 0 Å². The Morgan fingerprint density at radius 1 is 1.57 bits per heavy atom. The summed E-state index contributed by atoms with van der Waals surface area (Å²) in [4.78, 5) is 20.6. The van der Waals surface area contributed by atoms with E-state index in [1.165, 1.54) is 12.1 Å².